The highest BCUT2D eigenvalue weighted by molar-refractivity contribution is 7.89. The molecule has 27 heavy (non-hydrogen) atoms. The fourth-order valence-electron chi connectivity index (χ4n) is 3.25. The Balaban J connectivity index is 1.47. The third-order valence-electron chi connectivity index (χ3n) is 5.05. The summed E-state index contributed by atoms with van der Waals surface area (Å²) in [4.78, 5) is 2.67. The topological polar surface area (TPSA) is 58.6 Å². The number of hydrogen-bond acceptors (Lipinski definition) is 4. The zero-order chi connectivity index (χ0) is 19.3. The van der Waals surface area contributed by atoms with E-state index >= 15 is 0 Å². The summed E-state index contributed by atoms with van der Waals surface area (Å²) in [7, 11) is -3.45. The van der Waals surface area contributed by atoms with Crippen molar-refractivity contribution < 1.29 is 13.2 Å². The Labute approximate surface area is 162 Å². The molecule has 0 aromatic heterocycles. The smallest absolute Gasteiger partial charge is 0.240 e. The molecule has 2 aromatic carbocycles. The van der Waals surface area contributed by atoms with Crippen molar-refractivity contribution >= 4 is 10.0 Å². The van der Waals surface area contributed by atoms with Gasteiger partial charge in [-0.2, -0.15) is 0 Å². The molecule has 5 nitrogen and oxygen atoms in total. The van der Waals surface area contributed by atoms with Crippen LogP contribution >= 0.6 is 0 Å². The zero-order valence-corrected chi connectivity index (χ0v) is 16.8. The van der Waals surface area contributed by atoms with E-state index < -0.39 is 10.0 Å². The predicted octanol–water partition coefficient (Wildman–Crippen LogP) is 3.05. The fraction of sp³-hybridized carbons (Fsp3) is 0.429. The zero-order valence-electron chi connectivity index (χ0n) is 16.0. The van der Waals surface area contributed by atoms with Crippen LogP contribution < -0.4 is 4.72 Å². The maximum absolute atomic E-state index is 12.4. The van der Waals surface area contributed by atoms with Crippen LogP contribution in [0.25, 0.3) is 0 Å². The molecule has 146 valence electrons. The van der Waals surface area contributed by atoms with Gasteiger partial charge in [-0.1, -0.05) is 36.4 Å². The Bertz CT molecular complexity index is 853. The molecule has 1 unspecified atom stereocenters. The minimum atomic E-state index is -3.45. The number of morpholine rings is 1. The van der Waals surface area contributed by atoms with E-state index in [0.717, 1.165) is 37.2 Å². The molecule has 1 N–H and O–H groups in total. The average Bonchev–Trinajstić information content (AvgIpc) is 2.68. The van der Waals surface area contributed by atoms with Gasteiger partial charge >= 0.3 is 0 Å². The first-order valence-electron chi connectivity index (χ1n) is 9.41. The summed E-state index contributed by atoms with van der Waals surface area (Å²) < 4.78 is 33.5. The summed E-state index contributed by atoms with van der Waals surface area (Å²) in [5, 5.41) is 0. The van der Waals surface area contributed by atoms with Gasteiger partial charge in [-0.25, -0.2) is 13.1 Å². The molecule has 1 atom stereocenters. The summed E-state index contributed by atoms with van der Waals surface area (Å²) in [5.74, 6) is 0. The molecule has 1 heterocycles. The Kier molecular flexibility index (Phi) is 6.65. The van der Waals surface area contributed by atoms with Gasteiger partial charge in [-0.15, -0.1) is 0 Å². The molecule has 3 rings (SSSR count). The average molecular weight is 389 g/mol. The summed E-state index contributed by atoms with van der Waals surface area (Å²) >= 11 is 0. The van der Waals surface area contributed by atoms with Crippen molar-refractivity contribution in [3.05, 3.63) is 65.2 Å². The highest BCUT2D eigenvalue weighted by Crippen LogP contribution is 2.22. The van der Waals surface area contributed by atoms with Crippen LogP contribution in [0.3, 0.4) is 0 Å². The predicted molar refractivity (Wildman–Crippen MR) is 107 cm³/mol. The van der Waals surface area contributed by atoms with Crippen molar-refractivity contribution in [1.82, 2.24) is 9.62 Å². The third kappa shape index (κ3) is 5.39. The van der Waals surface area contributed by atoms with Gasteiger partial charge in [-0.3, -0.25) is 4.90 Å². The van der Waals surface area contributed by atoms with Crippen molar-refractivity contribution in [3.8, 4) is 0 Å². The number of ether oxygens (including phenoxy) is 1. The van der Waals surface area contributed by atoms with Crippen molar-refractivity contribution in [3.63, 3.8) is 0 Å². The lowest BCUT2D eigenvalue weighted by Crippen LogP contribution is -2.39. The van der Waals surface area contributed by atoms with E-state index in [4.69, 9.17) is 4.74 Å². The highest BCUT2D eigenvalue weighted by atomic mass is 32.2. The van der Waals surface area contributed by atoms with Crippen LogP contribution in [0.15, 0.2) is 53.4 Å². The first-order valence-corrected chi connectivity index (χ1v) is 10.9. The van der Waals surface area contributed by atoms with E-state index in [9.17, 15) is 8.42 Å². The van der Waals surface area contributed by atoms with Crippen molar-refractivity contribution in [1.29, 1.82) is 0 Å². The van der Waals surface area contributed by atoms with Gasteiger partial charge in [0.2, 0.25) is 10.0 Å². The molecule has 0 bridgehead atoms. The maximum atomic E-state index is 12.4. The van der Waals surface area contributed by atoms with E-state index in [1.54, 1.807) is 12.1 Å². The van der Waals surface area contributed by atoms with Gasteiger partial charge in [0, 0.05) is 19.6 Å². The van der Waals surface area contributed by atoms with Crippen molar-refractivity contribution in [2.45, 2.75) is 31.3 Å². The third-order valence-corrected chi connectivity index (χ3v) is 6.51. The molecular weight excluding hydrogens is 360 g/mol. The molecule has 0 amide bonds. The second-order valence-electron chi connectivity index (χ2n) is 7.07. The Morgan fingerprint density at radius 1 is 1.11 bits per heavy atom. The van der Waals surface area contributed by atoms with Crippen molar-refractivity contribution in [2.24, 2.45) is 0 Å². The van der Waals surface area contributed by atoms with Crippen LogP contribution in [-0.2, 0) is 14.8 Å². The van der Waals surface area contributed by atoms with Gasteiger partial charge in [0.05, 0.1) is 17.6 Å². The van der Waals surface area contributed by atoms with Crippen molar-refractivity contribution in [2.75, 3.05) is 32.8 Å². The van der Waals surface area contributed by atoms with Gasteiger partial charge in [-0.05, 0) is 55.6 Å². The van der Waals surface area contributed by atoms with E-state index in [-0.39, 0.29) is 6.10 Å². The fourth-order valence-corrected chi connectivity index (χ4v) is 4.41. The van der Waals surface area contributed by atoms with Gasteiger partial charge in [0.25, 0.3) is 0 Å². The molecule has 1 fully saturated rings. The first-order chi connectivity index (χ1) is 13.0. The Morgan fingerprint density at radius 2 is 1.89 bits per heavy atom. The number of nitrogens with one attached hydrogen (secondary N) is 1. The van der Waals surface area contributed by atoms with E-state index in [2.05, 4.69) is 21.8 Å². The first kappa shape index (κ1) is 20.0. The monoisotopic (exact) mass is 388 g/mol. The minimum absolute atomic E-state index is 0.0900. The van der Waals surface area contributed by atoms with Crippen LogP contribution in [-0.4, -0.2) is 46.1 Å². The largest absolute Gasteiger partial charge is 0.371 e. The van der Waals surface area contributed by atoms with Crippen LogP contribution in [0, 0.1) is 13.8 Å². The second kappa shape index (κ2) is 8.97. The van der Waals surface area contributed by atoms with Gasteiger partial charge < -0.3 is 4.74 Å². The van der Waals surface area contributed by atoms with Gasteiger partial charge in [0.15, 0.2) is 0 Å². The highest BCUT2D eigenvalue weighted by Gasteiger charge is 2.21. The number of hydrogen-bond donors (Lipinski definition) is 1. The maximum Gasteiger partial charge on any atom is 0.240 e. The quantitative estimate of drug-likeness (QED) is 0.741. The summed E-state index contributed by atoms with van der Waals surface area (Å²) in [5.41, 5.74) is 3.27. The lowest BCUT2D eigenvalue weighted by molar-refractivity contribution is -0.0300. The molecular formula is C21H28N2O3S. The van der Waals surface area contributed by atoms with E-state index in [1.165, 1.54) is 5.56 Å². The van der Waals surface area contributed by atoms with E-state index in [1.807, 2.05) is 38.1 Å². The SMILES string of the molecule is Cc1ccc(S(=O)(=O)NCCCN2CCOC(c3ccccc3)C2)cc1C. The van der Waals surface area contributed by atoms with Crippen LogP contribution in [0.4, 0.5) is 0 Å². The molecule has 0 radical (unpaired) electrons. The number of nitrogens with zero attached hydrogens (tertiary/aromatic N) is 1. The molecule has 6 heteroatoms. The standard InChI is InChI=1S/C21H28N2O3S/c1-17-9-10-20(15-18(17)2)27(24,25)22-11-6-12-23-13-14-26-21(16-23)19-7-4-3-5-8-19/h3-5,7-10,15,21-22H,6,11-14,16H2,1-2H3. The molecule has 1 aliphatic rings. The second-order valence-corrected chi connectivity index (χ2v) is 8.84. The molecule has 0 saturated carbocycles. The summed E-state index contributed by atoms with van der Waals surface area (Å²) in [6.45, 7) is 7.61. The lowest BCUT2D eigenvalue weighted by Gasteiger charge is -2.33. The number of benzene rings is 2. The molecule has 2 aromatic rings. The summed E-state index contributed by atoms with van der Waals surface area (Å²) in [6, 6.07) is 15.5. The number of rotatable bonds is 7. The molecule has 1 saturated heterocycles. The van der Waals surface area contributed by atoms with Crippen LogP contribution in [0.1, 0.15) is 29.2 Å². The Morgan fingerprint density at radius 3 is 2.63 bits per heavy atom. The minimum Gasteiger partial charge on any atom is -0.371 e. The molecule has 0 spiro atoms. The summed E-state index contributed by atoms with van der Waals surface area (Å²) in [6.07, 6.45) is 0.859. The Hall–Kier alpha value is -1.73. The van der Waals surface area contributed by atoms with Crippen LogP contribution in [0.2, 0.25) is 0 Å². The van der Waals surface area contributed by atoms with Gasteiger partial charge in [0.1, 0.15) is 0 Å². The van der Waals surface area contributed by atoms with Crippen LogP contribution in [0.5, 0.6) is 0 Å². The number of aryl methyl sites for hydroxylation is 2. The number of sulfonamides is 1. The molecule has 0 aliphatic carbocycles. The molecule has 1 aliphatic heterocycles. The van der Waals surface area contributed by atoms with E-state index in [0.29, 0.717) is 18.0 Å². The lowest BCUT2D eigenvalue weighted by atomic mass is 10.1. The normalized spacial score (nSPS) is 18.5.